The van der Waals surface area contributed by atoms with Gasteiger partial charge in [0.1, 0.15) is 17.2 Å². The van der Waals surface area contributed by atoms with Crippen molar-refractivity contribution in [2.75, 3.05) is 4.90 Å². The minimum atomic E-state index is -3.25. The average molecular weight is 710 g/mol. The number of hydrogen-bond acceptors (Lipinski definition) is 9. The number of ether oxygens (including phenoxy) is 2. The molecule has 0 radical (unpaired) electrons. The molecule has 0 atom stereocenters. The van der Waals surface area contributed by atoms with Gasteiger partial charge in [-0.1, -0.05) is 107 Å². The van der Waals surface area contributed by atoms with Crippen LogP contribution in [0, 0.1) is 0 Å². The monoisotopic (exact) mass is 709 g/mol. The molecule has 6 N–H and O–H groups in total. The van der Waals surface area contributed by atoms with E-state index in [1.54, 1.807) is 18.2 Å². The Morgan fingerprint density at radius 1 is 0.491 bits per heavy atom. The van der Waals surface area contributed by atoms with Gasteiger partial charge in [0.25, 0.3) is 0 Å². The number of fused-ring (bicyclic) bond motifs is 4. The van der Waals surface area contributed by atoms with Gasteiger partial charge in [-0.3, -0.25) is 0 Å². The zero-order valence-corrected chi connectivity index (χ0v) is 29.6. The Morgan fingerprint density at radius 3 is 1.79 bits per heavy atom. The summed E-state index contributed by atoms with van der Waals surface area (Å²) < 4.78 is 13.2. The maximum absolute atomic E-state index is 10.7. The smallest absolute Gasteiger partial charge is 0.305 e. The lowest BCUT2D eigenvalue weighted by Gasteiger charge is -2.38. The van der Waals surface area contributed by atoms with Crippen molar-refractivity contribution in [1.29, 1.82) is 0 Å². The van der Waals surface area contributed by atoms with Crippen LogP contribution in [0.4, 0.5) is 17.1 Å². The van der Waals surface area contributed by atoms with Crippen LogP contribution in [0.1, 0.15) is 61.1 Å². The standard InChI is InChI=1S/C44H39NO8/c1-41(2)30-16-8-9-19-36(30)52-39-33(41)17-11-18-35(39)45(28-13-6-5-7-14-28)29-15-10-12-26(24-29)38-32(44(49,50)51)22-23-34-40(38)53-37-25-27(43(46,47)48)20-21-31(37)42(34,3)4/h5-25,46-51H,1-4H3. The highest BCUT2D eigenvalue weighted by atomic mass is 16.7. The fourth-order valence-electron chi connectivity index (χ4n) is 7.77. The summed E-state index contributed by atoms with van der Waals surface area (Å²) in [6, 6.07) is 38.9. The Bertz CT molecular complexity index is 2390. The number of nitrogens with zero attached hydrogens (tertiary/aromatic N) is 1. The van der Waals surface area contributed by atoms with Crippen LogP contribution in [-0.4, -0.2) is 30.6 Å². The van der Waals surface area contributed by atoms with Crippen LogP contribution in [0.2, 0.25) is 0 Å². The highest BCUT2D eigenvalue weighted by molar-refractivity contribution is 5.87. The largest absolute Gasteiger partial charge is 0.456 e. The Labute approximate surface area is 306 Å². The van der Waals surface area contributed by atoms with E-state index in [1.165, 1.54) is 18.2 Å². The highest BCUT2D eigenvalue weighted by Crippen LogP contribution is 2.56. The molecule has 9 nitrogen and oxygen atoms in total. The Hall–Kier alpha value is -5.52. The third-order valence-corrected chi connectivity index (χ3v) is 10.5. The third kappa shape index (κ3) is 5.66. The lowest BCUT2D eigenvalue weighted by molar-refractivity contribution is -0.324. The van der Waals surface area contributed by atoms with Gasteiger partial charge >= 0.3 is 11.9 Å². The summed E-state index contributed by atoms with van der Waals surface area (Å²) in [6.45, 7) is 8.27. The van der Waals surface area contributed by atoms with E-state index in [0.717, 1.165) is 28.3 Å². The lowest BCUT2D eigenvalue weighted by atomic mass is 9.73. The molecule has 0 unspecified atom stereocenters. The number of hydrogen-bond donors (Lipinski definition) is 6. The molecule has 9 heteroatoms. The second-order valence-electron chi connectivity index (χ2n) is 14.7. The number of rotatable bonds is 6. The molecule has 0 saturated heterocycles. The van der Waals surface area contributed by atoms with Crippen molar-refractivity contribution in [3.8, 4) is 34.1 Å². The second kappa shape index (κ2) is 12.0. The van der Waals surface area contributed by atoms with Crippen molar-refractivity contribution in [3.05, 3.63) is 161 Å². The summed E-state index contributed by atoms with van der Waals surface area (Å²) in [7, 11) is 0. The van der Waals surface area contributed by atoms with Gasteiger partial charge in [-0.15, -0.1) is 0 Å². The van der Waals surface area contributed by atoms with Crippen LogP contribution in [-0.2, 0) is 22.8 Å². The normalized spacial score (nSPS) is 15.2. The van der Waals surface area contributed by atoms with E-state index in [-0.39, 0.29) is 33.6 Å². The maximum Gasteiger partial charge on any atom is 0.305 e. The van der Waals surface area contributed by atoms with Gasteiger partial charge in [0, 0.05) is 55.6 Å². The summed E-state index contributed by atoms with van der Waals surface area (Å²) >= 11 is 0. The van der Waals surface area contributed by atoms with Crippen molar-refractivity contribution in [2.24, 2.45) is 0 Å². The molecule has 0 amide bonds. The van der Waals surface area contributed by atoms with Crippen molar-refractivity contribution >= 4 is 17.1 Å². The van der Waals surface area contributed by atoms with E-state index in [2.05, 4.69) is 30.9 Å². The zero-order chi connectivity index (χ0) is 37.5. The Balaban J connectivity index is 1.34. The molecule has 0 aromatic heterocycles. The van der Waals surface area contributed by atoms with Crippen molar-refractivity contribution < 1.29 is 40.1 Å². The lowest BCUT2D eigenvalue weighted by Crippen LogP contribution is -2.29. The van der Waals surface area contributed by atoms with Crippen LogP contribution in [0.25, 0.3) is 11.1 Å². The second-order valence-corrected chi connectivity index (χ2v) is 14.7. The van der Waals surface area contributed by atoms with Crippen LogP contribution in [0.3, 0.4) is 0 Å². The topological polar surface area (TPSA) is 143 Å². The first-order valence-corrected chi connectivity index (χ1v) is 17.3. The number of benzene rings is 6. The summed E-state index contributed by atoms with van der Waals surface area (Å²) in [5.74, 6) is -4.45. The van der Waals surface area contributed by atoms with Crippen LogP contribution < -0.4 is 14.4 Å². The van der Waals surface area contributed by atoms with Gasteiger partial charge in [-0.05, 0) is 54.1 Å². The summed E-state index contributed by atoms with van der Waals surface area (Å²) in [5, 5.41) is 62.1. The molecule has 2 aliphatic heterocycles. The molecule has 53 heavy (non-hydrogen) atoms. The first-order chi connectivity index (χ1) is 25.1. The minimum Gasteiger partial charge on any atom is -0.456 e. The quantitative estimate of drug-likeness (QED) is 0.0953. The van der Waals surface area contributed by atoms with Gasteiger partial charge in [-0.2, -0.15) is 0 Å². The van der Waals surface area contributed by atoms with E-state index < -0.39 is 17.4 Å². The number of aliphatic hydroxyl groups is 6. The fourth-order valence-corrected chi connectivity index (χ4v) is 7.77. The van der Waals surface area contributed by atoms with Gasteiger partial charge in [0.2, 0.25) is 0 Å². The summed E-state index contributed by atoms with van der Waals surface area (Å²) in [5.41, 5.74) is 4.96. The van der Waals surface area contributed by atoms with Gasteiger partial charge < -0.3 is 45.0 Å². The molecule has 0 bridgehead atoms. The number of anilines is 3. The molecule has 2 heterocycles. The molecule has 8 rings (SSSR count). The molecular formula is C44H39NO8. The summed E-state index contributed by atoms with van der Waals surface area (Å²) in [4.78, 5) is 2.07. The van der Waals surface area contributed by atoms with Crippen LogP contribution >= 0.6 is 0 Å². The third-order valence-electron chi connectivity index (χ3n) is 10.5. The molecule has 6 aromatic carbocycles. The molecule has 0 saturated carbocycles. The van der Waals surface area contributed by atoms with Crippen LogP contribution in [0.5, 0.6) is 23.0 Å². The predicted molar refractivity (Wildman–Crippen MR) is 201 cm³/mol. The van der Waals surface area contributed by atoms with Gasteiger partial charge in [0.05, 0.1) is 11.3 Å². The van der Waals surface area contributed by atoms with E-state index in [4.69, 9.17) is 9.47 Å². The van der Waals surface area contributed by atoms with E-state index in [1.807, 2.05) is 92.7 Å². The summed E-state index contributed by atoms with van der Waals surface area (Å²) in [6.07, 6.45) is 0. The Kier molecular flexibility index (Phi) is 7.83. The SMILES string of the molecule is CC1(C)c2ccccc2Oc2c(N(c3ccccc3)c3cccc(-c4c(C(O)(O)O)ccc5c4Oc4cc(C(O)(O)O)ccc4C5(C)C)c3)cccc21. The molecular weight excluding hydrogens is 670 g/mol. The van der Waals surface area contributed by atoms with Gasteiger partial charge in [0.15, 0.2) is 5.75 Å². The van der Waals surface area contributed by atoms with Crippen molar-refractivity contribution in [1.82, 2.24) is 0 Å². The highest BCUT2D eigenvalue weighted by Gasteiger charge is 2.41. The molecule has 268 valence electrons. The molecule has 0 aliphatic carbocycles. The van der Waals surface area contributed by atoms with Crippen LogP contribution in [0.15, 0.2) is 127 Å². The molecule has 0 fully saturated rings. The fraction of sp³-hybridized carbons (Fsp3) is 0.182. The predicted octanol–water partition coefficient (Wildman–Crippen LogP) is 7.86. The molecule has 0 spiro atoms. The van der Waals surface area contributed by atoms with Crippen molar-refractivity contribution in [2.45, 2.75) is 50.5 Å². The molecule has 6 aromatic rings. The molecule has 2 aliphatic rings. The average Bonchev–Trinajstić information content (AvgIpc) is 3.11. The van der Waals surface area contributed by atoms with Gasteiger partial charge in [-0.25, -0.2) is 0 Å². The maximum atomic E-state index is 10.7. The zero-order valence-electron chi connectivity index (χ0n) is 29.6. The van der Waals surface area contributed by atoms with E-state index in [9.17, 15) is 30.6 Å². The minimum absolute atomic E-state index is 0.207. The number of para-hydroxylation sites is 3. The Morgan fingerprint density at radius 2 is 1.08 bits per heavy atom. The van der Waals surface area contributed by atoms with Crippen molar-refractivity contribution in [3.63, 3.8) is 0 Å². The first-order valence-electron chi connectivity index (χ1n) is 17.3. The first kappa shape index (κ1) is 34.6. The van der Waals surface area contributed by atoms with E-state index in [0.29, 0.717) is 28.1 Å². The van der Waals surface area contributed by atoms with E-state index >= 15 is 0 Å².